The highest BCUT2D eigenvalue weighted by Gasteiger charge is 2.19. The normalized spacial score (nSPS) is 13.6. The minimum absolute atomic E-state index is 0.363. The van der Waals surface area contributed by atoms with Gasteiger partial charge in [-0.3, -0.25) is 14.6 Å². The van der Waals surface area contributed by atoms with Crippen LogP contribution in [0.5, 0.6) is 11.5 Å². The Morgan fingerprint density at radius 3 is 2.75 bits per heavy atom. The van der Waals surface area contributed by atoms with E-state index in [-0.39, 0.29) is 11.5 Å². The number of amides is 1. The van der Waals surface area contributed by atoms with E-state index in [1.54, 1.807) is 49.6 Å². The van der Waals surface area contributed by atoms with Crippen LogP contribution in [0.1, 0.15) is 13.0 Å². The molecule has 3 heterocycles. The van der Waals surface area contributed by atoms with Gasteiger partial charge in [0.1, 0.15) is 19.3 Å². The van der Waals surface area contributed by atoms with E-state index < -0.39 is 6.04 Å². The van der Waals surface area contributed by atoms with Crippen LogP contribution in [0, 0.1) is 0 Å². The molecule has 0 aliphatic carbocycles. The van der Waals surface area contributed by atoms with E-state index in [0.29, 0.717) is 36.1 Å². The van der Waals surface area contributed by atoms with Crippen molar-refractivity contribution in [2.75, 3.05) is 18.5 Å². The summed E-state index contributed by atoms with van der Waals surface area (Å²) in [5, 5.41) is 7.12. The van der Waals surface area contributed by atoms with Gasteiger partial charge in [-0.15, -0.1) is 0 Å². The van der Waals surface area contributed by atoms with Crippen molar-refractivity contribution in [2.45, 2.75) is 13.0 Å². The molecule has 1 atom stereocenters. The van der Waals surface area contributed by atoms with Crippen LogP contribution in [-0.4, -0.2) is 33.9 Å². The Morgan fingerprint density at radius 1 is 1.14 bits per heavy atom. The Labute approximate surface area is 160 Å². The van der Waals surface area contributed by atoms with Gasteiger partial charge in [-0.1, -0.05) is 0 Å². The van der Waals surface area contributed by atoms with Gasteiger partial charge in [0, 0.05) is 35.8 Å². The van der Waals surface area contributed by atoms with E-state index in [0.717, 1.165) is 10.2 Å². The van der Waals surface area contributed by atoms with Crippen LogP contribution in [0.2, 0.25) is 0 Å². The molecule has 1 aromatic carbocycles. The van der Waals surface area contributed by atoms with Crippen LogP contribution in [0.4, 0.5) is 5.69 Å². The molecule has 2 aromatic heterocycles. The highest BCUT2D eigenvalue weighted by molar-refractivity contribution is 5.93. The number of rotatable bonds is 4. The molecule has 3 aromatic rings. The highest BCUT2D eigenvalue weighted by atomic mass is 16.6. The van der Waals surface area contributed by atoms with Crippen molar-refractivity contribution in [1.29, 1.82) is 0 Å². The standard InChI is InChI=1S/C20H18N4O4/c1-13(20(26)22-15-4-6-17-18(11-15)28-10-9-27-17)24-19(25)7-5-16(23-24)14-3-2-8-21-12-14/h2-8,11-13H,9-10H2,1H3,(H,22,26). The number of hydrogen-bond acceptors (Lipinski definition) is 6. The summed E-state index contributed by atoms with van der Waals surface area (Å²) in [5.41, 5.74) is 1.51. The topological polar surface area (TPSA) is 95.3 Å². The van der Waals surface area contributed by atoms with Gasteiger partial charge in [0.15, 0.2) is 11.5 Å². The van der Waals surface area contributed by atoms with Gasteiger partial charge < -0.3 is 14.8 Å². The quantitative estimate of drug-likeness (QED) is 0.748. The summed E-state index contributed by atoms with van der Waals surface area (Å²) in [6, 6.07) is 11.0. The number of pyridine rings is 1. The third-order valence-corrected chi connectivity index (χ3v) is 4.34. The number of carbonyl (C=O) groups is 1. The second-order valence-electron chi connectivity index (χ2n) is 6.27. The molecule has 28 heavy (non-hydrogen) atoms. The van der Waals surface area contributed by atoms with Gasteiger partial charge in [-0.25, -0.2) is 4.68 Å². The Bertz CT molecular complexity index is 1070. The fraction of sp³-hybridized carbons (Fsp3) is 0.200. The number of hydrogen-bond donors (Lipinski definition) is 1. The van der Waals surface area contributed by atoms with E-state index in [1.165, 1.54) is 6.07 Å². The zero-order valence-corrected chi connectivity index (χ0v) is 15.2. The third-order valence-electron chi connectivity index (χ3n) is 4.34. The molecule has 4 rings (SSSR count). The van der Waals surface area contributed by atoms with E-state index in [9.17, 15) is 9.59 Å². The smallest absolute Gasteiger partial charge is 0.267 e. The molecule has 142 valence electrons. The maximum Gasteiger partial charge on any atom is 0.267 e. The molecule has 8 nitrogen and oxygen atoms in total. The van der Waals surface area contributed by atoms with Crippen molar-refractivity contribution in [3.63, 3.8) is 0 Å². The molecule has 0 saturated heterocycles. The lowest BCUT2D eigenvalue weighted by Gasteiger charge is -2.20. The third kappa shape index (κ3) is 3.57. The zero-order valence-electron chi connectivity index (χ0n) is 15.2. The first kappa shape index (κ1) is 17.7. The maximum atomic E-state index is 12.7. The van der Waals surface area contributed by atoms with Gasteiger partial charge in [0.25, 0.3) is 5.56 Å². The van der Waals surface area contributed by atoms with Gasteiger partial charge in [0.2, 0.25) is 5.91 Å². The number of benzene rings is 1. The monoisotopic (exact) mass is 378 g/mol. The fourth-order valence-corrected chi connectivity index (χ4v) is 2.85. The van der Waals surface area contributed by atoms with Crippen molar-refractivity contribution >= 4 is 11.6 Å². The number of fused-ring (bicyclic) bond motifs is 1. The largest absolute Gasteiger partial charge is 0.486 e. The van der Waals surface area contributed by atoms with Gasteiger partial charge in [0.05, 0.1) is 5.69 Å². The molecular weight excluding hydrogens is 360 g/mol. The van der Waals surface area contributed by atoms with E-state index >= 15 is 0 Å². The highest BCUT2D eigenvalue weighted by Crippen LogP contribution is 2.32. The molecule has 8 heteroatoms. The molecule has 1 amide bonds. The molecule has 1 N–H and O–H groups in total. The zero-order chi connectivity index (χ0) is 19.5. The first-order valence-corrected chi connectivity index (χ1v) is 8.82. The molecule has 1 aliphatic heterocycles. The second-order valence-corrected chi connectivity index (χ2v) is 6.27. The average Bonchev–Trinajstić information content (AvgIpc) is 2.74. The van der Waals surface area contributed by atoms with Crippen LogP contribution in [0.3, 0.4) is 0 Å². The van der Waals surface area contributed by atoms with Crippen LogP contribution < -0.4 is 20.3 Å². The summed E-state index contributed by atoms with van der Waals surface area (Å²) in [7, 11) is 0. The number of nitrogens with zero attached hydrogens (tertiary/aromatic N) is 3. The second kappa shape index (κ2) is 7.51. The minimum atomic E-state index is -0.808. The number of ether oxygens (including phenoxy) is 2. The lowest BCUT2D eigenvalue weighted by Crippen LogP contribution is -2.33. The molecule has 0 radical (unpaired) electrons. The van der Waals surface area contributed by atoms with Crippen molar-refractivity contribution < 1.29 is 14.3 Å². The molecule has 0 saturated carbocycles. The van der Waals surface area contributed by atoms with Crippen LogP contribution in [0.15, 0.2) is 59.7 Å². The maximum absolute atomic E-state index is 12.7. The van der Waals surface area contributed by atoms with Crippen molar-refractivity contribution in [3.05, 3.63) is 65.2 Å². The first-order valence-electron chi connectivity index (χ1n) is 8.82. The Kier molecular flexibility index (Phi) is 4.76. The number of aromatic nitrogens is 3. The van der Waals surface area contributed by atoms with Crippen molar-refractivity contribution in [1.82, 2.24) is 14.8 Å². The predicted octanol–water partition coefficient (Wildman–Crippen LogP) is 2.28. The SMILES string of the molecule is CC(C(=O)Nc1ccc2c(c1)OCCO2)n1nc(-c2cccnc2)ccc1=O. The number of anilines is 1. The molecule has 0 spiro atoms. The summed E-state index contributed by atoms with van der Waals surface area (Å²) in [5.74, 6) is 0.847. The summed E-state index contributed by atoms with van der Waals surface area (Å²) < 4.78 is 12.2. The molecule has 1 aliphatic rings. The fourth-order valence-electron chi connectivity index (χ4n) is 2.85. The van der Waals surface area contributed by atoms with E-state index in [4.69, 9.17) is 9.47 Å². The summed E-state index contributed by atoms with van der Waals surface area (Å²) in [4.78, 5) is 29.0. The van der Waals surface area contributed by atoms with Crippen molar-refractivity contribution in [2.24, 2.45) is 0 Å². The number of nitrogens with one attached hydrogen (secondary N) is 1. The Morgan fingerprint density at radius 2 is 1.96 bits per heavy atom. The molecule has 0 bridgehead atoms. The minimum Gasteiger partial charge on any atom is -0.486 e. The average molecular weight is 378 g/mol. The summed E-state index contributed by atoms with van der Waals surface area (Å²) in [6.45, 7) is 2.58. The molecular formula is C20H18N4O4. The summed E-state index contributed by atoms with van der Waals surface area (Å²) >= 11 is 0. The van der Waals surface area contributed by atoms with Crippen molar-refractivity contribution in [3.8, 4) is 22.8 Å². The van der Waals surface area contributed by atoms with E-state index in [1.807, 2.05) is 6.07 Å². The van der Waals surface area contributed by atoms with Gasteiger partial charge >= 0.3 is 0 Å². The lowest BCUT2D eigenvalue weighted by atomic mass is 10.2. The predicted molar refractivity (Wildman–Crippen MR) is 103 cm³/mol. The summed E-state index contributed by atoms with van der Waals surface area (Å²) in [6.07, 6.45) is 3.31. The number of carbonyl (C=O) groups excluding carboxylic acids is 1. The molecule has 1 unspecified atom stereocenters. The van der Waals surface area contributed by atoms with Crippen LogP contribution in [0.25, 0.3) is 11.3 Å². The van der Waals surface area contributed by atoms with Crippen LogP contribution >= 0.6 is 0 Å². The lowest BCUT2D eigenvalue weighted by molar-refractivity contribution is -0.119. The van der Waals surface area contributed by atoms with Gasteiger partial charge in [-0.2, -0.15) is 5.10 Å². The van der Waals surface area contributed by atoms with Crippen LogP contribution in [-0.2, 0) is 4.79 Å². The van der Waals surface area contributed by atoms with Gasteiger partial charge in [-0.05, 0) is 37.3 Å². The first-order chi connectivity index (χ1) is 13.6. The van der Waals surface area contributed by atoms with E-state index in [2.05, 4.69) is 15.4 Å². The Balaban J connectivity index is 1.56. The molecule has 0 fully saturated rings. The Hall–Kier alpha value is -3.68.